The van der Waals surface area contributed by atoms with E-state index in [9.17, 15) is 25.2 Å². The van der Waals surface area contributed by atoms with Crippen molar-refractivity contribution in [2.75, 3.05) is 0 Å². The van der Waals surface area contributed by atoms with Crippen LogP contribution in [0, 0.1) is 5.92 Å². The molecule has 0 aliphatic rings. The fraction of sp³-hybridized carbons (Fsp3) is 0.240. The summed E-state index contributed by atoms with van der Waals surface area (Å²) in [5.41, 5.74) is 1.09. The summed E-state index contributed by atoms with van der Waals surface area (Å²) in [5, 5.41) is 41.2. The molecular formula is C25H26O6. The Morgan fingerprint density at radius 3 is 2.39 bits per heavy atom. The van der Waals surface area contributed by atoms with Gasteiger partial charge in [0.1, 0.15) is 39.7 Å². The first-order valence-electron chi connectivity index (χ1n) is 9.98. The van der Waals surface area contributed by atoms with Gasteiger partial charge in [-0.3, -0.25) is 4.79 Å². The van der Waals surface area contributed by atoms with Crippen LogP contribution in [-0.4, -0.2) is 20.4 Å². The molecule has 0 spiro atoms. The highest BCUT2D eigenvalue weighted by Crippen LogP contribution is 2.40. The minimum Gasteiger partial charge on any atom is -0.508 e. The van der Waals surface area contributed by atoms with E-state index < -0.39 is 5.43 Å². The maximum absolute atomic E-state index is 13.4. The molecule has 0 amide bonds. The first kappa shape index (κ1) is 22.0. The lowest BCUT2D eigenvalue weighted by Crippen LogP contribution is -2.09. The molecule has 0 aliphatic carbocycles. The van der Waals surface area contributed by atoms with Crippen molar-refractivity contribution in [2.45, 2.75) is 34.1 Å². The van der Waals surface area contributed by atoms with E-state index in [0.29, 0.717) is 0 Å². The molecule has 1 aromatic heterocycles. The Morgan fingerprint density at radius 1 is 1.06 bits per heavy atom. The fourth-order valence-corrected chi connectivity index (χ4v) is 3.23. The van der Waals surface area contributed by atoms with Gasteiger partial charge in [0.2, 0.25) is 5.43 Å². The quantitative estimate of drug-likeness (QED) is 0.406. The third-order valence-corrected chi connectivity index (χ3v) is 4.86. The lowest BCUT2D eigenvalue weighted by molar-refractivity contribution is 0.442. The number of rotatable bonds is 5. The van der Waals surface area contributed by atoms with Gasteiger partial charge in [0.25, 0.3) is 0 Å². The zero-order valence-electron chi connectivity index (χ0n) is 17.9. The van der Waals surface area contributed by atoms with Crippen molar-refractivity contribution in [3.8, 4) is 34.3 Å². The zero-order valence-corrected chi connectivity index (χ0v) is 17.9. The second-order valence-corrected chi connectivity index (χ2v) is 8.06. The van der Waals surface area contributed by atoms with Crippen LogP contribution in [0.25, 0.3) is 28.4 Å². The third kappa shape index (κ3) is 4.43. The van der Waals surface area contributed by atoms with Crippen molar-refractivity contribution in [3.05, 3.63) is 63.3 Å². The summed E-state index contributed by atoms with van der Waals surface area (Å²) in [4.78, 5) is 13.4. The molecule has 0 fully saturated rings. The van der Waals surface area contributed by atoms with Crippen LogP contribution in [0.5, 0.6) is 23.0 Å². The summed E-state index contributed by atoms with van der Waals surface area (Å²) in [6.07, 6.45) is 5.50. The molecule has 2 aromatic carbocycles. The lowest BCUT2D eigenvalue weighted by Gasteiger charge is -2.13. The molecule has 0 atom stereocenters. The van der Waals surface area contributed by atoms with E-state index in [4.69, 9.17) is 4.42 Å². The zero-order chi connectivity index (χ0) is 22.9. The summed E-state index contributed by atoms with van der Waals surface area (Å²) in [6, 6.07) is 5.24. The highest BCUT2D eigenvalue weighted by atomic mass is 16.3. The standard InChI is InChI=1S/C25H26O6/c1-13(2)5-8-16-20(28)12-21-22(23(16)29)24(30)18(9-6-14(3)4)25(31-21)17-10-7-15(26)11-19(17)27/h5-7,9-12,14,26-29H,8H2,1-4H3/b9-6+. The number of allylic oxidation sites excluding steroid dienone is 3. The number of phenolic OH excluding ortho intramolecular Hbond substituents is 4. The van der Waals surface area contributed by atoms with Crippen LogP contribution >= 0.6 is 0 Å². The van der Waals surface area contributed by atoms with Crippen LogP contribution in [0.1, 0.15) is 38.8 Å². The van der Waals surface area contributed by atoms with Crippen molar-refractivity contribution in [3.63, 3.8) is 0 Å². The largest absolute Gasteiger partial charge is 0.508 e. The van der Waals surface area contributed by atoms with Gasteiger partial charge in [0.15, 0.2) is 0 Å². The van der Waals surface area contributed by atoms with Crippen molar-refractivity contribution < 1.29 is 24.8 Å². The van der Waals surface area contributed by atoms with Gasteiger partial charge in [-0.1, -0.05) is 37.6 Å². The highest BCUT2D eigenvalue weighted by molar-refractivity contribution is 5.91. The van der Waals surface area contributed by atoms with Crippen LogP contribution in [0.15, 0.2) is 51.2 Å². The predicted molar refractivity (Wildman–Crippen MR) is 122 cm³/mol. The minimum absolute atomic E-state index is 0.00915. The number of phenols is 4. The number of hydrogen-bond acceptors (Lipinski definition) is 6. The summed E-state index contributed by atoms with van der Waals surface area (Å²) in [7, 11) is 0. The molecular weight excluding hydrogens is 396 g/mol. The topological polar surface area (TPSA) is 111 Å². The molecule has 0 saturated heterocycles. The molecule has 31 heavy (non-hydrogen) atoms. The second kappa shape index (κ2) is 8.60. The Labute approximate surface area is 180 Å². The molecule has 0 aliphatic heterocycles. The van der Waals surface area contributed by atoms with Crippen molar-refractivity contribution in [1.29, 1.82) is 0 Å². The number of fused-ring (bicyclic) bond motifs is 1. The SMILES string of the molecule is CC(C)=CCc1c(O)cc2oc(-c3ccc(O)cc3O)c(/C=C/C(C)C)c(=O)c2c1O. The molecule has 0 radical (unpaired) electrons. The maximum atomic E-state index is 13.4. The Balaban J connectivity index is 2.39. The van der Waals surface area contributed by atoms with E-state index in [0.717, 1.165) is 11.6 Å². The van der Waals surface area contributed by atoms with Gasteiger partial charge in [-0.15, -0.1) is 0 Å². The Bertz CT molecular complexity index is 1260. The van der Waals surface area contributed by atoms with Crippen LogP contribution in [0.4, 0.5) is 0 Å². The first-order chi connectivity index (χ1) is 14.6. The fourth-order valence-electron chi connectivity index (χ4n) is 3.23. The second-order valence-electron chi connectivity index (χ2n) is 8.06. The molecule has 6 heteroatoms. The van der Waals surface area contributed by atoms with Crippen molar-refractivity contribution >= 4 is 17.0 Å². The molecule has 6 nitrogen and oxygen atoms in total. The van der Waals surface area contributed by atoms with E-state index >= 15 is 0 Å². The Morgan fingerprint density at radius 2 is 1.77 bits per heavy atom. The Kier molecular flexibility index (Phi) is 6.11. The van der Waals surface area contributed by atoms with E-state index in [2.05, 4.69) is 0 Å². The average Bonchev–Trinajstić information content (AvgIpc) is 2.66. The molecule has 0 unspecified atom stereocenters. The van der Waals surface area contributed by atoms with E-state index in [1.807, 2.05) is 33.8 Å². The molecule has 0 saturated carbocycles. The van der Waals surface area contributed by atoms with Gasteiger partial charge < -0.3 is 24.8 Å². The highest BCUT2D eigenvalue weighted by Gasteiger charge is 2.22. The summed E-state index contributed by atoms with van der Waals surface area (Å²) < 4.78 is 5.93. The van der Waals surface area contributed by atoms with Crippen molar-refractivity contribution in [2.24, 2.45) is 5.92 Å². The smallest absolute Gasteiger partial charge is 0.204 e. The first-order valence-corrected chi connectivity index (χ1v) is 9.98. The van der Waals surface area contributed by atoms with Gasteiger partial charge in [-0.05, 0) is 38.3 Å². The number of aromatic hydroxyl groups is 4. The van der Waals surface area contributed by atoms with Crippen LogP contribution in [-0.2, 0) is 6.42 Å². The van der Waals surface area contributed by atoms with Gasteiger partial charge in [-0.25, -0.2) is 0 Å². The average molecular weight is 422 g/mol. The molecule has 3 rings (SSSR count). The Hall–Kier alpha value is -3.67. The lowest BCUT2D eigenvalue weighted by atomic mass is 9.99. The van der Waals surface area contributed by atoms with Crippen molar-refractivity contribution in [1.82, 2.24) is 0 Å². The van der Waals surface area contributed by atoms with Crippen LogP contribution < -0.4 is 5.43 Å². The van der Waals surface area contributed by atoms with Gasteiger partial charge in [0.05, 0.1) is 11.1 Å². The van der Waals surface area contributed by atoms with Crippen LogP contribution in [0.3, 0.4) is 0 Å². The van der Waals surface area contributed by atoms with E-state index in [1.54, 1.807) is 12.2 Å². The molecule has 162 valence electrons. The molecule has 4 N–H and O–H groups in total. The monoisotopic (exact) mass is 422 g/mol. The molecule has 3 aromatic rings. The van der Waals surface area contributed by atoms with Gasteiger partial charge >= 0.3 is 0 Å². The number of benzene rings is 2. The van der Waals surface area contributed by atoms with E-state index in [1.165, 1.54) is 18.2 Å². The predicted octanol–water partition coefficient (Wildman–Crippen LogP) is 5.46. The minimum atomic E-state index is -0.489. The maximum Gasteiger partial charge on any atom is 0.204 e. The van der Waals surface area contributed by atoms with Crippen LogP contribution in [0.2, 0.25) is 0 Å². The molecule has 0 bridgehead atoms. The summed E-state index contributed by atoms with van der Waals surface area (Å²) >= 11 is 0. The molecule has 1 heterocycles. The van der Waals surface area contributed by atoms with E-state index in [-0.39, 0.29) is 68.8 Å². The van der Waals surface area contributed by atoms with Gasteiger partial charge in [-0.2, -0.15) is 0 Å². The van der Waals surface area contributed by atoms with Gasteiger partial charge in [0, 0.05) is 17.7 Å². The normalized spacial score (nSPS) is 11.5. The summed E-state index contributed by atoms with van der Waals surface area (Å²) in [6.45, 7) is 7.69. The summed E-state index contributed by atoms with van der Waals surface area (Å²) in [5.74, 6) is -0.724. The third-order valence-electron chi connectivity index (χ3n) is 4.86. The number of hydrogen-bond donors (Lipinski definition) is 4.